The van der Waals surface area contributed by atoms with Crippen LogP contribution in [0.3, 0.4) is 0 Å². The van der Waals surface area contributed by atoms with Crippen LogP contribution in [0.1, 0.15) is 37.6 Å². The summed E-state index contributed by atoms with van der Waals surface area (Å²) in [5, 5.41) is 3.48. The second kappa shape index (κ2) is 10.8. The number of halogens is 2. The van der Waals surface area contributed by atoms with Gasteiger partial charge in [0.25, 0.3) is 11.8 Å². The van der Waals surface area contributed by atoms with E-state index in [0.29, 0.717) is 28.4 Å². The summed E-state index contributed by atoms with van der Waals surface area (Å²) in [5.41, 5.74) is 5.51. The number of anilines is 1. The molecule has 30 heavy (non-hydrogen) atoms. The van der Waals surface area contributed by atoms with Crippen LogP contribution < -0.4 is 20.9 Å². The first-order valence-corrected chi connectivity index (χ1v) is 10.0. The van der Waals surface area contributed by atoms with Crippen LogP contribution in [0.15, 0.2) is 42.5 Å². The average Bonchev–Trinajstić information content (AvgIpc) is 2.67. The molecule has 2 aromatic rings. The molecule has 0 saturated heterocycles. The van der Waals surface area contributed by atoms with Gasteiger partial charge in [0.05, 0.1) is 5.02 Å². The topological polar surface area (TPSA) is 96.5 Å². The number of hydrogen-bond acceptors (Lipinski definition) is 4. The molecule has 0 aromatic heterocycles. The van der Waals surface area contributed by atoms with Gasteiger partial charge in [0.1, 0.15) is 5.75 Å². The van der Waals surface area contributed by atoms with E-state index in [-0.39, 0.29) is 16.8 Å². The lowest BCUT2D eigenvalue weighted by Gasteiger charge is -2.16. The summed E-state index contributed by atoms with van der Waals surface area (Å²) >= 11 is 11.8. The molecule has 9 heteroatoms. The highest BCUT2D eigenvalue weighted by molar-refractivity contribution is 6.35. The standard InChI is InChI=1S/C21H23Cl2N3O4/c1-12(2)10-19(27)24-16-7-4-14(5-8-16)21(29)26-25-20(28)13(3)30-18-9-6-15(22)11-17(18)23/h4-9,11-13H,10H2,1-3H3,(H,24,27)(H,25,28)(H,26,29)/t13-/m0/s1. The first kappa shape index (κ1) is 23.5. The first-order valence-electron chi connectivity index (χ1n) is 9.27. The molecule has 0 spiro atoms. The van der Waals surface area contributed by atoms with Crippen molar-refractivity contribution in [1.29, 1.82) is 0 Å². The molecule has 160 valence electrons. The van der Waals surface area contributed by atoms with Crippen LogP contribution in [0.25, 0.3) is 0 Å². The smallest absolute Gasteiger partial charge is 0.279 e. The molecule has 0 unspecified atom stereocenters. The molecule has 2 aromatic carbocycles. The third-order valence-corrected chi connectivity index (χ3v) is 4.42. The lowest BCUT2D eigenvalue weighted by atomic mass is 10.1. The zero-order valence-electron chi connectivity index (χ0n) is 16.8. The molecule has 0 bridgehead atoms. The fourth-order valence-electron chi connectivity index (χ4n) is 2.39. The molecule has 7 nitrogen and oxygen atoms in total. The SMILES string of the molecule is CC(C)CC(=O)Nc1ccc(C(=O)NNC(=O)[C@H](C)Oc2ccc(Cl)cc2Cl)cc1. The maximum absolute atomic E-state index is 12.2. The number of hydrazine groups is 1. The maximum atomic E-state index is 12.2. The number of carbonyl (C=O) groups excluding carboxylic acids is 3. The van der Waals surface area contributed by atoms with E-state index in [4.69, 9.17) is 27.9 Å². The van der Waals surface area contributed by atoms with Crippen LogP contribution in [-0.4, -0.2) is 23.8 Å². The minimum atomic E-state index is -0.914. The lowest BCUT2D eigenvalue weighted by molar-refractivity contribution is -0.128. The lowest BCUT2D eigenvalue weighted by Crippen LogP contribution is -2.47. The van der Waals surface area contributed by atoms with Crippen LogP contribution in [0.4, 0.5) is 5.69 Å². The molecular formula is C21H23Cl2N3O4. The Bertz CT molecular complexity index is 917. The fourth-order valence-corrected chi connectivity index (χ4v) is 2.85. The van der Waals surface area contributed by atoms with Crippen molar-refractivity contribution in [2.24, 2.45) is 5.92 Å². The van der Waals surface area contributed by atoms with Gasteiger partial charge in [0.15, 0.2) is 6.10 Å². The van der Waals surface area contributed by atoms with Crippen molar-refractivity contribution in [1.82, 2.24) is 10.9 Å². The normalized spacial score (nSPS) is 11.5. The van der Waals surface area contributed by atoms with Crippen molar-refractivity contribution in [2.45, 2.75) is 33.3 Å². The Morgan fingerprint density at radius 1 is 0.967 bits per heavy atom. The zero-order chi connectivity index (χ0) is 22.3. The van der Waals surface area contributed by atoms with Gasteiger partial charge in [-0.25, -0.2) is 0 Å². The predicted octanol–water partition coefficient (Wildman–Crippen LogP) is 4.21. The Labute approximate surface area is 185 Å². The minimum Gasteiger partial charge on any atom is -0.479 e. The molecule has 0 radical (unpaired) electrons. The highest BCUT2D eigenvalue weighted by Crippen LogP contribution is 2.28. The number of benzene rings is 2. The van der Waals surface area contributed by atoms with Crippen molar-refractivity contribution >= 4 is 46.6 Å². The van der Waals surface area contributed by atoms with Crippen LogP contribution in [0.2, 0.25) is 10.0 Å². The third kappa shape index (κ3) is 7.24. The summed E-state index contributed by atoms with van der Waals surface area (Å²) in [6.07, 6.45) is -0.502. The summed E-state index contributed by atoms with van der Waals surface area (Å²) in [6.45, 7) is 5.43. The van der Waals surface area contributed by atoms with Gasteiger partial charge in [-0.1, -0.05) is 37.0 Å². The first-order chi connectivity index (χ1) is 14.2. The van der Waals surface area contributed by atoms with Gasteiger partial charge in [0, 0.05) is 22.7 Å². The van der Waals surface area contributed by atoms with Crippen molar-refractivity contribution in [2.75, 3.05) is 5.32 Å². The molecule has 1 atom stereocenters. The van der Waals surface area contributed by atoms with Crippen molar-refractivity contribution in [3.05, 3.63) is 58.1 Å². The Balaban J connectivity index is 1.85. The highest BCUT2D eigenvalue weighted by Gasteiger charge is 2.17. The molecule has 2 rings (SSSR count). The molecule has 0 saturated carbocycles. The van der Waals surface area contributed by atoms with Crippen molar-refractivity contribution in [3.8, 4) is 5.75 Å². The number of ether oxygens (including phenoxy) is 1. The molecule has 0 aliphatic heterocycles. The summed E-state index contributed by atoms with van der Waals surface area (Å²) in [5.74, 6) is -0.623. The van der Waals surface area contributed by atoms with Gasteiger partial charge < -0.3 is 10.1 Å². The molecule has 0 fully saturated rings. The number of amides is 3. The summed E-state index contributed by atoms with van der Waals surface area (Å²) in [7, 11) is 0. The number of nitrogens with one attached hydrogen (secondary N) is 3. The summed E-state index contributed by atoms with van der Waals surface area (Å²) in [6, 6.07) is 10.9. The predicted molar refractivity (Wildman–Crippen MR) is 117 cm³/mol. The van der Waals surface area contributed by atoms with E-state index in [2.05, 4.69) is 16.2 Å². The van der Waals surface area contributed by atoms with Crippen LogP contribution in [-0.2, 0) is 9.59 Å². The average molecular weight is 452 g/mol. The number of rotatable bonds is 7. The third-order valence-electron chi connectivity index (χ3n) is 3.89. The molecular weight excluding hydrogens is 429 g/mol. The zero-order valence-corrected chi connectivity index (χ0v) is 18.3. The molecule has 0 aliphatic carbocycles. The van der Waals surface area contributed by atoms with Crippen LogP contribution in [0.5, 0.6) is 5.75 Å². The Kier molecular flexibility index (Phi) is 8.50. The van der Waals surface area contributed by atoms with E-state index in [9.17, 15) is 14.4 Å². The van der Waals surface area contributed by atoms with Gasteiger partial charge in [-0.2, -0.15) is 0 Å². The van der Waals surface area contributed by atoms with Crippen molar-refractivity contribution in [3.63, 3.8) is 0 Å². The fraction of sp³-hybridized carbons (Fsp3) is 0.286. The number of hydrogen-bond donors (Lipinski definition) is 3. The molecule has 3 N–H and O–H groups in total. The van der Waals surface area contributed by atoms with Crippen molar-refractivity contribution < 1.29 is 19.1 Å². The number of carbonyl (C=O) groups is 3. The minimum absolute atomic E-state index is 0.0933. The van der Waals surface area contributed by atoms with E-state index in [1.807, 2.05) is 13.8 Å². The molecule has 0 aliphatic rings. The quantitative estimate of drug-likeness (QED) is 0.549. The molecule has 3 amide bonds. The van der Waals surface area contributed by atoms with E-state index in [1.165, 1.54) is 13.0 Å². The van der Waals surface area contributed by atoms with E-state index in [0.717, 1.165) is 0 Å². The Morgan fingerprint density at radius 3 is 2.23 bits per heavy atom. The van der Waals surface area contributed by atoms with Crippen LogP contribution in [0, 0.1) is 5.92 Å². The van der Waals surface area contributed by atoms with Gasteiger partial charge in [-0.3, -0.25) is 25.2 Å². The van der Waals surface area contributed by atoms with Crippen LogP contribution >= 0.6 is 23.2 Å². The maximum Gasteiger partial charge on any atom is 0.279 e. The second-order valence-corrected chi connectivity index (χ2v) is 7.85. The van der Waals surface area contributed by atoms with E-state index >= 15 is 0 Å². The highest BCUT2D eigenvalue weighted by atomic mass is 35.5. The van der Waals surface area contributed by atoms with Gasteiger partial charge in [0.2, 0.25) is 5.91 Å². The summed E-state index contributed by atoms with van der Waals surface area (Å²) < 4.78 is 5.49. The van der Waals surface area contributed by atoms with Gasteiger partial charge in [-0.05, 0) is 55.3 Å². The monoisotopic (exact) mass is 451 g/mol. The Morgan fingerprint density at radius 2 is 1.63 bits per heavy atom. The van der Waals surface area contributed by atoms with E-state index in [1.54, 1.807) is 36.4 Å². The Hall–Kier alpha value is -2.77. The second-order valence-electron chi connectivity index (χ2n) is 7.00. The van der Waals surface area contributed by atoms with E-state index < -0.39 is 17.9 Å². The summed E-state index contributed by atoms with van der Waals surface area (Å²) in [4.78, 5) is 36.2. The van der Waals surface area contributed by atoms with Gasteiger partial charge >= 0.3 is 0 Å². The largest absolute Gasteiger partial charge is 0.479 e. The molecule has 0 heterocycles. The van der Waals surface area contributed by atoms with Gasteiger partial charge in [-0.15, -0.1) is 0 Å².